The van der Waals surface area contributed by atoms with Crippen molar-refractivity contribution in [3.8, 4) is 11.5 Å². The topological polar surface area (TPSA) is 55.8 Å². The normalized spacial score (nSPS) is 10.2. The Bertz CT molecular complexity index is 645. The first-order valence-electron chi connectivity index (χ1n) is 6.11. The molecular formula is C15H12ClFO4. The van der Waals surface area contributed by atoms with Gasteiger partial charge in [0, 0.05) is 5.02 Å². The van der Waals surface area contributed by atoms with Gasteiger partial charge in [0.1, 0.15) is 24.5 Å². The largest absolute Gasteiger partial charge is 0.489 e. The van der Waals surface area contributed by atoms with Crippen molar-refractivity contribution < 1.29 is 23.8 Å². The number of carbonyl (C=O) groups is 1. The smallest absolute Gasteiger partial charge is 0.339 e. The summed E-state index contributed by atoms with van der Waals surface area (Å²) >= 11 is 5.73. The molecule has 0 radical (unpaired) electrons. The maximum absolute atomic E-state index is 13.3. The molecule has 4 nitrogen and oxygen atoms in total. The van der Waals surface area contributed by atoms with Crippen LogP contribution < -0.4 is 9.47 Å². The monoisotopic (exact) mass is 310 g/mol. The fourth-order valence-corrected chi connectivity index (χ4v) is 1.83. The van der Waals surface area contributed by atoms with E-state index in [9.17, 15) is 9.18 Å². The van der Waals surface area contributed by atoms with E-state index in [0.717, 1.165) is 0 Å². The molecule has 0 spiro atoms. The lowest BCUT2D eigenvalue weighted by molar-refractivity contribution is 0.0691. The number of para-hydroxylation sites is 1. The Hall–Kier alpha value is -2.27. The summed E-state index contributed by atoms with van der Waals surface area (Å²) in [7, 11) is 0. The number of hydrogen-bond donors (Lipinski definition) is 1. The summed E-state index contributed by atoms with van der Waals surface area (Å²) in [6.07, 6.45) is 0. The molecule has 0 amide bonds. The number of halogens is 2. The van der Waals surface area contributed by atoms with Gasteiger partial charge in [-0.1, -0.05) is 23.7 Å². The molecule has 1 N–H and O–H groups in total. The Morgan fingerprint density at radius 3 is 2.43 bits per heavy atom. The lowest BCUT2D eigenvalue weighted by Gasteiger charge is -2.11. The quantitative estimate of drug-likeness (QED) is 0.828. The molecular weight excluding hydrogens is 299 g/mol. The number of aromatic carboxylic acids is 1. The van der Waals surface area contributed by atoms with E-state index in [4.69, 9.17) is 26.2 Å². The van der Waals surface area contributed by atoms with Crippen molar-refractivity contribution in [3.05, 3.63) is 58.9 Å². The Morgan fingerprint density at radius 1 is 1.10 bits per heavy atom. The minimum Gasteiger partial charge on any atom is -0.489 e. The van der Waals surface area contributed by atoms with Crippen LogP contribution in [0.4, 0.5) is 4.39 Å². The Labute approximate surface area is 125 Å². The minimum absolute atomic E-state index is 0.0339. The standard InChI is InChI=1S/C15H12ClFO4/c16-10-5-6-13(11(9-10)15(18)19)20-7-8-21-14-4-2-1-3-12(14)17/h1-6,9H,7-8H2,(H,18,19). The Morgan fingerprint density at radius 2 is 1.76 bits per heavy atom. The molecule has 0 aliphatic carbocycles. The van der Waals surface area contributed by atoms with Crippen molar-refractivity contribution in [3.63, 3.8) is 0 Å². The first-order chi connectivity index (χ1) is 10.1. The van der Waals surface area contributed by atoms with Crippen LogP contribution in [0.2, 0.25) is 5.02 Å². The third-order valence-corrected chi connectivity index (χ3v) is 2.84. The van der Waals surface area contributed by atoms with Crippen LogP contribution in [-0.2, 0) is 0 Å². The molecule has 21 heavy (non-hydrogen) atoms. The van der Waals surface area contributed by atoms with Crippen molar-refractivity contribution in [1.29, 1.82) is 0 Å². The molecule has 0 aliphatic rings. The van der Waals surface area contributed by atoms with Gasteiger partial charge in [-0.15, -0.1) is 0 Å². The summed E-state index contributed by atoms with van der Waals surface area (Å²) < 4.78 is 23.8. The van der Waals surface area contributed by atoms with Gasteiger partial charge in [-0.25, -0.2) is 9.18 Å². The van der Waals surface area contributed by atoms with Crippen molar-refractivity contribution in [2.24, 2.45) is 0 Å². The van der Waals surface area contributed by atoms with Crippen molar-refractivity contribution >= 4 is 17.6 Å². The van der Waals surface area contributed by atoms with Crippen LogP contribution in [0.3, 0.4) is 0 Å². The Balaban J connectivity index is 1.92. The number of carboxylic acids is 1. The predicted molar refractivity (Wildman–Crippen MR) is 75.8 cm³/mol. The highest BCUT2D eigenvalue weighted by molar-refractivity contribution is 6.31. The molecule has 2 rings (SSSR count). The highest BCUT2D eigenvalue weighted by atomic mass is 35.5. The lowest BCUT2D eigenvalue weighted by Crippen LogP contribution is -2.11. The third kappa shape index (κ3) is 4.10. The van der Waals surface area contributed by atoms with Crippen LogP contribution >= 0.6 is 11.6 Å². The van der Waals surface area contributed by atoms with Crippen LogP contribution in [0.1, 0.15) is 10.4 Å². The lowest BCUT2D eigenvalue weighted by atomic mass is 10.2. The van der Waals surface area contributed by atoms with E-state index < -0.39 is 11.8 Å². The molecule has 0 saturated heterocycles. The summed E-state index contributed by atoms with van der Waals surface area (Å²) in [4.78, 5) is 11.1. The highest BCUT2D eigenvalue weighted by Gasteiger charge is 2.12. The molecule has 110 valence electrons. The fourth-order valence-electron chi connectivity index (χ4n) is 1.66. The van der Waals surface area contributed by atoms with Crippen molar-refractivity contribution in [2.75, 3.05) is 13.2 Å². The summed E-state index contributed by atoms with van der Waals surface area (Å²) in [6, 6.07) is 10.3. The fraction of sp³-hybridized carbons (Fsp3) is 0.133. The zero-order chi connectivity index (χ0) is 15.2. The summed E-state index contributed by atoms with van der Waals surface area (Å²) in [5, 5.41) is 9.35. The van der Waals surface area contributed by atoms with E-state index in [-0.39, 0.29) is 30.3 Å². The van der Waals surface area contributed by atoms with Crippen molar-refractivity contribution in [2.45, 2.75) is 0 Å². The van der Waals surface area contributed by atoms with Crippen LogP contribution in [0.25, 0.3) is 0 Å². The zero-order valence-electron chi connectivity index (χ0n) is 10.9. The third-order valence-electron chi connectivity index (χ3n) is 2.61. The second-order valence-corrected chi connectivity index (χ2v) is 4.51. The van der Waals surface area contributed by atoms with Gasteiger partial charge < -0.3 is 14.6 Å². The maximum Gasteiger partial charge on any atom is 0.339 e. The van der Waals surface area contributed by atoms with E-state index >= 15 is 0 Å². The second-order valence-electron chi connectivity index (χ2n) is 4.07. The average molecular weight is 311 g/mol. The first kappa shape index (κ1) is 15.1. The first-order valence-corrected chi connectivity index (χ1v) is 6.48. The summed E-state index contributed by atoms with van der Waals surface area (Å²) in [5.74, 6) is -1.29. The molecule has 0 bridgehead atoms. The molecule has 0 unspecified atom stereocenters. The Kier molecular flexibility index (Phi) is 5.00. The van der Waals surface area contributed by atoms with Crippen LogP contribution in [-0.4, -0.2) is 24.3 Å². The van der Waals surface area contributed by atoms with Crippen LogP contribution in [0.15, 0.2) is 42.5 Å². The maximum atomic E-state index is 13.3. The molecule has 0 aliphatic heterocycles. The van der Waals surface area contributed by atoms with E-state index in [1.165, 1.54) is 30.3 Å². The summed E-state index contributed by atoms with van der Waals surface area (Å²) in [5.41, 5.74) is -0.0339. The summed E-state index contributed by atoms with van der Waals surface area (Å²) in [6.45, 7) is 0.166. The molecule has 2 aromatic carbocycles. The van der Waals surface area contributed by atoms with Gasteiger partial charge in [-0.3, -0.25) is 0 Å². The number of carboxylic acid groups (broad SMARTS) is 1. The molecule has 2 aromatic rings. The SMILES string of the molecule is O=C(O)c1cc(Cl)ccc1OCCOc1ccccc1F. The van der Waals surface area contributed by atoms with Crippen LogP contribution in [0.5, 0.6) is 11.5 Å². The van der Waals surface area contributed by atoms with Crippen molar-refractivity contribution in [1.82, 2.24) is 0 Å². The zero-order valence-corrected chi connectivity index (χ0v) is 11.6. The molecule has 0 heterocycles. The molecule has 6 heteroatoms. The van der Waals surface area contributed by atoms with E-state index in [1.54, 1.807) is 12.1 Å². The van der Waals surface area contributed by atoms with Gasteiger partial charge in [0.25, 0.3) is 0 Å². The number of rotatable bonds is 6. The van der Waals surface area contributed by atoms with E-state index in [0.29, 0.717) is 5.02 Å². The van der Waals surface area contributed by atoms with Gasteiger partial charge >= 0.3 is 5.97 Å². The van der Waals surface area contributed by atoms with Gasteiger partial charge in [0.15, 0.2) is 11.6 Å². The highest BCUT2D eigenvalue weighted by Crippen LogP contribution is 2.23. The number of benzene rings is 2. The van der Waals surface area contributed by atoms with Gasteiger partial charge in [-0.05, 0) is 30.3 Å². The van der Waals surface area contributed by atoms with Gasteiger partial charge in [0.05, 0.1) is 0 Å². The minimum atomic E-state index is -1.14. The van der Waals surface area contributed by atoms with Gasteiger partial charge in [-0.2, -0.15) is 0 Å². The van der Waals surface area contributed by atoms with E-state index in [1.807, 2.05) is 0 Å². The average Bonchev–Trinajstić information content (AvgIpc) is 2.46. The predicted octanol–water partition coefficient (Wildman–Crippen LogP) is 3.64. The van der Waals surface area contributed by atoms with E-state index in [2.05, 4.69) is 0 Å². The second kappa shape index (κ2) is 6.95. The van der Waals surface area contributed by atoms with Gasteiger partial charge in [0.2, 0.25) is 0 Å². The van der Waals surface area contributed by atoms with Crippen LogP contribution in [0, 0.1) is 5.82 Å². The molecule has 0 atom stereocenters. The molecule has 0 aromatic heterocycles. The number of hydrogen-bond acceptors (Lipinski definition) is 3. The number of ether oxygens (including phenoxy) is 2. The molecule has 0 saturated carbocycles. The molecule has 0 fully saturated rings.